The zero-order valence-electron chi connectivity index (χ0n) is 14.2. The number of fused-ring (bicyclic) bond motifs is 1. The van der Waals surface area contributed by atoms with Crippen molar-refractivity contribution in [2.24, 2.45) is 7.05 Å². The molecule has 0 spiro atoms. The normalized spacial score (nSPS) is 11.6. The molecule has 0 radical (unpaired) electrons. The van der Waals surface area contributed by atoms with E-state index in [0.29, 0.717) is 5.39 Å². The van der Waals surface area contributed by atoms with Crippen LogP contribution in [0.25, 0.3) is 10.9 Å². The van der Waals surface area contributed by atoms with Crippen molar-refractivity contribution >= 4 is 22.6 Å². The van der Waals surface area contributed by atoms with Gasteiger partial charge in [-0.2, -0.15) is 18.3 Å². The highest BCUT2D eigenvalue weighted by Crippen LogP contribution is 2.30. The molecular formula is C16H15F3N6O. The zero-order chi connectivity index (χ0) is 19.1. The molecule has 0 aromatic carbocycles. The Balaban J connectivity index is 1.90. The highest BCUT2D eigenvalue weighted by atomic mass is 19.4. The zero-order valence-corrected chi connectivity index (χ0v) is 14.2. The summed E-state index contributed by atoms with van der Waals surface area (Å²) in [6.45, 7) is 1.81. The van der Waals surface area contributed by atoms with Gasteiger partial charge in [-0.05, 0) is 31.2 Å². The summed E-state index contributed by atoms with van der Waals surface area (Å²) in [5.74, 6) is -0.195. The van der Waals surface area contributed by atoms with E-state index in [2.05, 4.69) is 20.5 Å². The molecule has 3 aromatic heterocycles. The molecule has 0 saturated carbocycles. The van der Waals surface area contributed by atoms with Crippen LogP contribution in [0.15, 0.2) is 30.5 Å². The van der Waals surface area contributed by atoms with E-state index in [1.165, 1.54) is 30.4 Å². The number of rotatable bonds is 3. The lowest BCUT2D eigenvalue weighted by Gasteiger charge is -2.20. The van der Waals surface area contributed by atoms with Crippen LogP contribution in [0.4, 0.5) is 19.0 Å². The lowest BCUT2D eigenvalue weighted by Crippen LogP contribution is -2.40. The fraction of sp³-hybridized carbons (Fsp3) is 0.250. The first-order chi connectivity index (χ1) is 12.2. The van der Waals surface area contributed by atoms with E-state index >= 15 is 0 Å². The molecule has 3 heterocycles. The number of aryl methyl sites for hydroxylation is 2. The van der Waals surface area contributed by atoms with Crippen molar-refractivity contribution in [2.75, 3.05) is 12.1 Å². The minimum atomic E-state index is -4.53. The first-order valence-electron chi connectivity index (χ1n) is 7.55. The van der Waals surface area contributed by atoms with Crippen LogP contribution in [0, 0.1) is 6.92 Å². The van der Waals surface area contributed by atoms with Gasteiger partial charge in [0.2, 0.25) is 0 Å². The number of hydrogen-bond acceptors (Lipinski definition) is 5. The van der Waals surface area contributed by atoms with Crippen LogP contribution in [-0.2, 0) is 13.2 Å². The summed E-state index contributed by atoms with van der Waals surface area (Å²) in [6, 6.07) is 5.16. The van der Waals surface area contributed by atoms with Crippen molar-refractivity contribution in [1.29, 1.82) is 0 Å². The van der Waals surface area contributed by atoms with E-state index in [0.717, 1.165) is 11.8 Å². The monoisotopic (exact) mass is 364 g/mol. The van der Waals surface area contributed by atoms with Gasteiger partial charge < -0.3 is 0 Å². The molecule has 0 saturated heterocycles. The van der Waals surface area contributed by atoms with Crippen LogP contribution >= 0.6 is 0 Å². The van der Waals surface area contributed by atoms with Gasteiger partial charge in [0.15, 0.2) is 11.5 Å². The molecule has 3 rings (SSSR count). The number of hydrazine groups is 1. The van der Waals surface area contributed by atoms with Crippen LogP contribution < -0.4 is 10.4 Å². The Bertz CT molecular complexity index is 962. The topological polar surface area (TPSA) is 75.9 Å². The number of nitrogens with zero attached hydrogens (tertiary/aromatic N) is 5. The Hall–Kier alpha value is -3.17. The van der Waals surface area contributed by atoms with Crippen molar-refractivity contribution in [3.63, 3.8) is 0 Å². The molecule has 1 N–H and O–H groups in total. The predicted molar refractivity (Wildman–Crippen MR) is 88.4 cm³/mol. The lowest BCUT2D eigenvalue weighted by atomic mass is 10.2. The highest BCUT2D eigenvalue weighted by molar-refractivity contribution is 5.95. The van der Waals surface area contributed by atoms with Gasteiger partial charge in [0.05, 0.1) is 5.52 Å². The molecular weight excluding hydrogens is 349 g/mol. The van der Waals surface area contributed by atoms with Crippen molar-refractivity contribution in [3.8, 4) is 0 Å². The number of hydrogen-bond donors (Lipinski definition) is 1. The second-order valence-electron chi connectivity index (χ2n) is 5.69. The SMILES string of the molecule is Cc1cc(C(=O)NN(C)c2nccc3nc(C(F)(F)F)ccc23)nn1C. The van der Waals surface area contributed by atoms with Crippen LogP contribution in [0.2, 0.25) is 0 Å². The number of halogens is 3. The van der Waals surface area contributed by atoms with Gasteiger partial charge in [-0.25, -0.2) is 9.97 Å². The highest BCUT2D eigenvalue weighted by Gasteiger charge is 2.32. The lowest BCUT2D eigenvalue weighted by molar-refractivity contribution is -0.140. The maximum Gasteiger partial charge on any atom is 0.433 e. The molecule has 136 valence electrons. The molecule has 3 aromatic rings. The van der Waals surface area contributed by atoms with Gasteiger partial charge in [-0.3, -0.25) is 19.9 Å². The van der Waals surface area contributed by atoms with Crippen molar-refractivity contribution < 1.29 is 18.0 Å². The Labute approximate surface area is 146 Å². The summed E-state index contributed by atoms with van der Waals surface area (Å²) in [7, 11) is 3.25. The molecule has 0 bridgehead atoms. The van der Waals surface area contributed by atoms with Crippen molar-refractivity contribution in [2.45, 2.75) is 13.1 Å². The summed E-state index contributed by atoms with van der Waals surface area (Å²) >= 11 is 0. The molecule has 0 unspecified atom stereocenters. The van der Waals surface area contributed by atoms with Gasteiger partial charge in [-0.15, -0.1) is 0 Å². The number of carbonyl (C=O) groups excluding carboxylic acids is 1. The number of aromatic nitrogens is 4. The molecule has 0 aliphatic heterocycles. The number of nitrogens with one attached hydrogen (secondary N) is 1. The minimum Gasteiger partial charge on any atom is -0.272 e. The summed E-state index contributed by atoms with van der Waals surface area (Å²) in [5, 5.41) is 5.78. The Morgan fingerprint density at radius 1 is 1.27 bits per heavy atom. The molecule has 0 aliphatic carbocycles. The van der Waals surface area contributed by atoms with Crippen LogP contribution in [0.1, 0.15) is 21.9 Å². The standard InChI is InChI=1S/C16H15F3N6O/c1-9-8-12(22-24(9)2)15(26)23-25(3)14-10-4-5-13(16(17,18)19)21-11(10)6-7-20-14/h4-8H,1-3H3,(H,23,26). The Kier molecular flexibility index (Phi) is 4.26. The van der Waals surface area contributed by atoms with E-state index in [9.17, 15) is 18.0 Å². The average Bonchev–Trinajstić information content (AvgIpc) is 2.92. The Morgan fingerprint density at radius 3 is 2.62 bits per heavy atom. The smallest absolute Gasteiger partial charge is 0.272 e. The number of carbonyl (C=O) groups is 1. The number of alkyl halides is 3. The maximum atomic E-state index is 12.8. The third-order valence-corrected chi connectivity index (χ3v) is 3.82. The molecule has 0 aliphatic rings. The minimum absolute atomic E-state index is 0.125. The van der Waals surface area contributed by atoms with E-state index in [4.69, 9.17) is 0 Å². The van der Waals surface area contributed by atoms with E-state index < -0.39 is 17.8 Å². The molecule has 26 heavy (non-hydrogen) atoms. The quantitative estimate of drug-likeness (QED) is 0.723. The van der Waals surface area contributed by atoms with Gasteiger partial charge in [-0.1, -0.05) is 0 Å². The summed E-state index contributed by atoms with van der Waals surface area (Å²) in [6.07, 6.45) is -3.20. The van der Waals surface area contributed by atoms with Gasteiger partial charge in [0, 0.05) is 31.4 Å². The molecule has 0 fully saturated rings. The summed E-state index contributed by atoms with van der Waals surface area (Å²) in [5.41, 5.74) is 2.76. The third-order valence-electron chi connectivity index (χ3n) is 3.82. The number of amides is 1. The number of pyridine rings is 2. The van der Waals surface area contributed by atoms with Crippen LogP contribution in [0.3, 0.4) is 0 Å². The van der Waals surface area contributed by atoms with Crippen molar-refractivity contribution in [3.05, 3.63) is 47.5 Å². The van der Waals surface area contributed by atoms with Gasteiger partial charge in [0.1, 0.15) is 5.69 Å². The molecule has 7 nitrogen and oxygen atoms in total. The average molecular weight is 364 g/mol. The van der Waals surface area contributed by atoms with Crippen LogP contribution in [-0.4, -0.2) is 32.7 Å². The van der Waals surface area contributed by atoms with E-state index in [-0.39, 0.29) is 17.0 Å². The van der Waals surface area contributed by atoms with Crippen LogP contribution in [0.5, 0.6) is 0 Å². The summed E-state index contributed by atoms with van der Waals surface area (Å²) in [4.78, 5) is 20.0. The Morgan fingerprint density at radius 2 is 2.00 bits per heavy atom. The number of anilines is 1. The van der Waals surface area contributed by atoms with Gasteiger partial charge >= 0.3 is 6.18 Å². The largest absolute Gasteiger partial charge is 0.433 e. The fourth-order valence-electron chi connectivity index (χ4n) is 2.40. The second kappa shape index (κ2) is 6.28. The fourth-order valence-corrected chi connectivity index (χ4v) is 2.40. The predicted octanol–water partition coefficient (Wildman–Crippen LogP) is 2.47. The first kappa shape index (κ1) is 17.6. The third kappa shape index (κ3) is 3.30. The van der Waals surface area contributed by atoms with Crippen molar-refractivity contribution in [1.82, 2.24) is 25.2 Å². The summed E-state index contributed by atoms with van der Waals surface area (Å²) < 4.78 is 40.0. The molecule has 0 atom stereocenters. The second-order valence-corrected chi connectivity index (χ2v) is 5.69. The first-order valence-corrected chi connectivity index (χ1v) is 7.55. The van der Waals surface area contributed by atoms with Gasteiger partial charge in [0.25, 0.3) is 5.91 Å². The molecule has 1 amide bonds. The molecule has 10 heteroatoms. The maximum absolute atomic E-state index is 12.8. The van der Waals surface area contributed by atoms with E-state index in [1.807, 2.05) is 6.92 Å². The van der Waals surface area contributed by atoms with E-state index in [1.54, 1.807) is 17.8 Å².